The van der Waals surface area contributed by atoms with Crippen LogP contribution in [0.5, 0.6) is 5.75 Å². The average molecular weight is 474 g/mol. The third kappa shape index (κ3) is 4.78. The number of thiophene rings is 1. The Morgan fingerprint density at radius 2 is 1.97 bits per heavy atom. The number of likely N-dealkylation sites (tertiary alicyclic amines) is 1. The molecule has 1 aliphatic rings. The monoisotopic (exact) mass is 473 g/mol. The van der Waals surface area contributed by atoms with Crippen molar-refractivity contribution in [3.63, 3.8) is 0 Å². The minimum absolute atomic E-state index is 0.0743. The van der Waals surface area contributed by atoms with E-state index in [1.54, 1.807) is 25.1 Å². The van der Waals surface area contributed by atoms with Crippen LogP contribution in [-0.2, 0) is 11.3 Å². The molecular weight excluding hydrogens is 450 g/mol. The molecule has 1 saturated heterocycles. The van der Waals surface area contributed by atoms with Crippen LogP contribution in [0.4, 0.5) is 5.95 Å². The average Bonchev–Trinajstić information content (AvgIpc) is 3.43. The number of halogens is 1. The molecule has 10 heteroatoms. The van der Waals surface area contributed by atoms with Gasteiger partial charge >= 0.3 is 0 Å². The predicted octanol–water partition coefficient (Wildman–Crippen LogP) is 4.03. The molecule has 32 heavy (non-hydrogen) atoms. The lowest BCUT2D eigenvalue weighted by Crippen LogP contribution is -2.36. The van der Waals surface area contributed by atoms with Gasteiger partial charge in [0.25, 0.3) is 5.91 Å². The molecule has 0 atom stereocenters. The summed E-state index contributed by atoms with van der Waals surface area (Å²) >= 11 is 7.50. The van der Waals surface area contributed by atoms with Gasteiger partial charge in [0.2, 0.25) is 11.9 Å². The van der Waals surface area contributed by atoms with Crippen LogP contribution in [0.3, 0.4) is 0 Å². The maximum absolute atomic E-state index is 13.4. The predicted molar refractivity (Wildman–Crippen MR) is 124 cm³/mol. The number of hydrogen-bond donors (Lipinski definition) is 1. The van der Waals surface area contributed by atoms with Gasteiger partial charge in [0.1, 0.15) is 5.75 Å². The van der Waals surface area contributed by atoms with E-state index in [0.717, 1.165) is 17.7 Å². The van der Waals surface area contributed by atoms with Crippen molar-refractivity contribution >= 4 is 40.7 Å². The van der Waals surface area contributed by atoms with Crippen molar-refractivity contribution in [3.05, 3.63) is 57.0 Å². The Kier molecular flexibility index (Phi) is 6.76. The summed E-state index contributed by atoms with van der Waals surface area (Å²) in [5, 5.41) is 7.82. The first kappa shape index (κ1) is 22.3. The number of aromatic nitrogens is 3. The van der Waals surface area contributed by atoms with E-state index in [0.29, 0.717) is 47.1 Å². The highest BCUT2D eigenvalue weighted by Gasteiger charge is 2.28. The molecule has 3 aromatic rings. The van der Waals surface area contributed by atoms with Crippen LogP contribution in [-0.4, -0.2) is 51.7 Å². The molecule has 1 amide bonds. The van der Waals surface area contributed by atoms with Crippen LogP contribution in [0.2, 0.25) is 4.34 Å². The number of nitrogens with one attached hydrogen (secondary N) is 1. The number of ether oxygens (including phenoxy) is 1. The number of benzene rings is 1. The molecule has 0 saturated carbocycles. The Hall–Kier alpha value is -2.91. The van der Waals surface area contributed by atoms with Gasteiger partial charge in [0.15, 0.2) is 5.82 Å². The third-order valence-electron chi connectivity index (χ3n) is 5.51. The highest BCUT2D eigenvalue weighted by Crippen LogP contribution is 2.28. The number of carbonyl (C=O) groups is 2. The summed E-state index contributed by atoms with van der Waals surface area (Å²) in [6, 6.07) is 10.8. The standard InChI is InChI=1S/C22H24ClN5O3S/c1-14(29)27-11-9-15(10-12-27)20-25-22(24-13-16-7-8-19(23)32-16)28(26-20)21(30)17-5-3-4-6-18(17)31-2/h3-8,15H,9-13H2,1-2H3,(H,24,25,26). The highest BCUT2D eigenvalue weighted by atomic mass is 35.5. The summed E-state index contributed by atoms with van der Waals surface area (Å²) in [7, 11) is 1.53. The fraction of sp³-hybridized carbons (Fsp3) is 0.364. The zero-order valence-corrected chi connectivity index (χ0v) is 19.4. The van der Waals surface area contributed by atoms with Crippen molar-refractivity contribution in [3.8, 4) is 5.75 Å². The molecule has 0 aliphatic carbocycles. The van der Waals surface area contributed by atoms with E-state index in [1.165, 1.54) is 23.1 Å². The topological polar surface area (TPSA) is 89.4 Å². The quantitative estimate of drug-likeness (QED) is 0.581. The molecule has 0 unspecified atom stereocenters. The first-order valence-corrected chi connectivity index (χ1v) is 11.5. The van der Waals surface area contributed by atoms with Gasteiger partial charge in [0.05, 0.1) is 23.6 Å². The molecule has 1 N–H and O–H groups in total. The number of para-hydroxylation sites is 1. The van der Waals surface area contributed by atoms with Crippen LogP contribution < -0.4 is 10.1 Å². The van der Waals surface area contributed by atoms with Gasteiger partial charge in [0, 0.05) is 30.8 Å². The second-order valence-electron chi connectivity index (χ2n) is 7.55. The molecule has 168 valence electrons. The van der Waals surface area contributed by atoms with Crippen molar-refractivity contribution in [1.82, 2.24) is 19.7 Å². The fourth-order valence-electron chi connectivity index (χ4n) is 3.76. The minimum Gasteiger partial charge on any atom is -0.496 e. The largest absolute Gasteiger partial charge is 0.496 e. The molecule has 1 aromatic carbocycles. The van der Waals surface area contributed by atoms with Gasteiger partial charge in [-0.15, -0.1) is 16.4 Å². The molecule has 1 aliphatic heterocycles. The number of hydrogen-bond acceptors (Lipinski definition) is 7. The first-order chi connectivity index (χ1) is 15.5. The molecule has 2 aromatic heterocycles. The molecule has 0 bridgehead atoms. The summed E-state index contributed by atoms with van der Waals surface area (Å²) in [4.78, 5) is 32.5. The van der Waals surface area contributed by atoms with Crippen LogP contribution in [0, 0.1) is 0 Å². The summed E-state index contributed by atoms with van der Waals surface area (Å²) < 4.78 is 7.37. The fourth-order valence-corrected chi connectivity index (χ4v) is 4.79. The zero-order chi connectivity index (χ0) is 22.7. The van der Waals surface area contributed by atoms with E-state index in [4.69, 9.17) is 16.3 Å². The summed E-state index contributed by atoms with van der Waals surface area (Å²) in [6.07, 6.45) is 1.51. The van der Waals surface area contributed by atoms with Crippen LogP contribution >= 0.6 is 22.9 Å². The lowest BCUT2D eigenvalue weighted by atomic mass is 9.96. The third-order valence-corrected chi connectivity index (χ3v) is 6.74. The van der Waals surface area contributed by atoms with E-state index < -0.39 is 0 Å². The maximum atomic E-state index is 13.4. The number of amides is 1. The summed E-state index contributed by atoms with van der Waals surface area (Å²) in [5.74, 6) is 1.27. The minimum atomic E-state index is -0.325. The number of carbonyl (C=O) groups excluding carboxylic acids is 2. The number of rotatable bonds is 6. The van der Waals surface area contributed by atoms with Crippen molar-refractivity contribution in [2.45, 2.75) is 32.2 Å². The lowest BCUT2D eigenvalue weighted by Gasteiger charge is -2.29. The Bertz CT molecular complexity index is 1120. The molecule has 8 nitrogen and oxygen atoms in total. The number of anilines is 1. The maximum Gasteiger partial charge on any atom is 0.285 e. The van der Waals surface area contributed by atoms with Gasteiger partial charge in [-0.2, -0.15) is 9.67 Å². The summed E-state index contributed by atoms with van der Waals surface area (Å²) in [6.45, 7) is 3.37. The molecule has 0 spiro atoms. The number of piperidine rings is 1. The molecular formula is C22H24ClN5O3S. The second kappa shape index (κ2) is 9.70. The number of methoxy groups -OCH3 is 1. The summed E-state index contributed by atoms with van der Waals surface area (Å²) in [5.41, 5.74) is 0.403. The van der Waals surface area contributed by atoms with Gasteiger partial charge in [-0.3, -0.25) is 9.59 Å². The molecule has 3 heterocycles. The molecule has 0 radical (unpaired) electrons. The van der Waals surface area contributed by atoms with Crippen LogP contribution in [0.25, 0.3) is 0 Å². The lowest BCUT2D eigenvalue weighted by molar-refractivity contribution is -0.129. The van der Waals surface area contributed by atoms with E-state index in [1.807, 2.05) is 23.1 Å². The van der Waals surface area contributed by atoms with E-state index >= 15 is 0 Å². The van der Waals surface area contributed by atoms with Gasteiger partial charge in [-0.1, -0.05) is 23.7 Å². The van der Waals surface area contributed by atoms with Crippen LogP contribution in [0.1, 0.15) is 46.7 Å². The Morgan fingerprint density at radius 1 is 1.22 bits per heavy atom. The SMILES string of the molecule is COc1ccccc1C(=O)n1nc(C2CCN(C(C)=O)CC2)nc1NCc1ccc(Cl)s1. The first-order valence-electron chi connectivity index (χ1n) is 10.3. The van der Waals surface area contributed by atoms with Crippen LogP contribution in [0.15, 0.2) is 36.4 Å². The van der Waals surface area contributed by atoms with Gasteiger partial charge < -0.3 is 15.0 Å². The van der Waals surface area contributed by atoms with E-state index in [2.05, 4.69) is 15.4 Å². The van der Waals surface area contributed by atoms with Gasteiger partial charge in [-0.25, -0.2) is 0 Å². The number of nitrogens with zero attached hydrogens (tertiary/aromatic N) is 4. The Labute approximate surface area is 195 Å². The van der Waals surface area contributed by atoms with Crippen molar-refractivity contribution in [1.29, 1.82) is 0 Å². The second-order valence-corrected chi connectivity index (χ2v) is 9.35. The Morgan fingerprint density at radius 3 is 2.62 bits per heavy atom. The zero-order valence-electron chi connectivity index (χ0n) is 17.9. The molecule has 1 fully saturated rings. The highest BCUT2D eigenvalue weighted by molar-refractivity contribution is 7.16. The normalized spacial score (nSPS) is 14.4. The smallest absolute Gasteiger partial charge is 0.285 e. The molecule has 4 rings (SSSR count). The van der Waals surface area contributed by atoms with Crippen molar-refractivity contribution in [2.75, 3.05) is 25.5 Å². The van der Waals surface area contributed by atoms with E-state index in [-0.39, 0.29) is 17.7 Å². The van der Waals surface area contributed by atoms with Crippen molar-refractivity contribution < 1.29 is 14.3 Å². The van der Waals surface area contributed by atoms with E-state index in [9.17, 15) is 9.59 Å². The Balaban J connectivity index is 1.62. The van der Waals surface area contributed by atoms with Gasteiger partial charge in [-0.05, 0) is 37.1 Å². The van der Waals surface area contributed by atoms with Crippen molar-refractivity contribution in [2.24, 2.45) is 0 Å².